The van der Waals surface area contributed by atoms with E-state index in [9.17, 15) is 4.79 Å². The molecule has 0 amide bonds. The van der Waals surface area contributed by atoms with Crippen molar-refractivity contribution in [1.29, 1.82) is 0 Å². The van der Waals surface area contributed by atoms with Crippen molar-refractivity contribution in [3.63, 3.8) is 0 Å². The summed E-state index contributed by atoms with van der Waals surface area (Å²) in [4.78, 5) is 9.69. The molecule has 1 N–H and O–H groups in total. The van der Waals surface area contributed by atoms with Crippen molar-refractivity contribution >= 4 is 15.4 Å². The summed E-state index contributed by atoms with van der Waals surface area (Å²) in [6, 6.07) is 0. The van der Waals surface area contributed by atoms with Crippen LogP contribution in [0.1, 0.15) is 0 Å². The molecule has 0 radical (unpaired) electrons. The van der Waals surface area contributed by atoms with Crippen molar-refractivity contribution in [1.82, 2.24) is 0 Å². The molecule has 0 aliphatic carbocycles. The van der Waals surface area contributed by atoms with E-state index in [0.29, 0.717) is 0 Å². The Kier molecular flexibility index (Phi) is 2.99. The molecule has 0 rings (SSSR count). The summed E-state index contributed by atoms with van der Waals surface area (Å²) in [5, 5.41) is 7.85. The van der Waals surface area contributed by atoms with E-state index in [0.717, 1.165) is 0 Å². The van der Waals surface area contributed by atoms with Gasteiger partial charge in [-0.2, -0.15) is 0 Å². The Morgan fingerprint density at radius 3 is 2.50 bits per heavy atom. The van der Waals surface area contributed by atoms with Gasteiger partial charge in [0.05, 0.1) is 9.47 Å². The van der Waals surface area contributed by atoms with E-state index in [1.165, 1.54) is 0 Å². The lowest BCUT2D eigenvalue weighted by atomic mass is 10.8. The van der Waals surface area contributed by atoms with Gasteiger partial charge in [-0.1, -0.05) is 0 Å². The smallest absolute Gasteiger partial charge is 0.333 e. The molecule has 0 aliphatic rings. The summed E-state index contributed by atoms with van der Waals surface area (Å²) in [6.45, 7) is -0.552. The Morgan fingerprint density at radius 2 is 2.50 bits per heavy atom. The molecule has 1 atom stereocenters. The monoisotopic (exact) mass is 108 g/mol. The Morgan fingerprint density at radius 1 is 2.00 bits per heavy atom. The standard InChI is InChI=1S/C2H5O3P/c3-1-2(4)5-6/h3H,1,6H2. The van der Waals surface area contributed by atoms with Crippen LogP contribution in [-0.2, 0) is 9.32 Å². The van der Waals surface area contributed by atoms with Crippen molar-refractivity contribution < 1.29 is 14.4 Å². The first kappa shape index (κ1) is 5.86. The van der Waals surface area contributed by atoms with E-state index in [1.807, 2.05) is 0 Å². The van der Waals surface area contributed by atoms with Crippen LogP contribution in [0.25, 0.3) is 0 Å². The van der Waals surface area contributed by atoms with Crippen molar-refractivity contribution in [2.24, 2.45) is 0 Å². The molecule has 0 bridgehead atoms. The fourth-order valence-corrected chi connectivity index (χ4v) is 0.112. The Labute approximate surface area is 37.6 Å². The third-order valence-corrected chi connectivity index (χ3v) is 0.523. The molecule has 0 aromatic rings. The van der Waals surface area contributed by atoms with Crippen molar-refractivity contribution in [3.05, 3.63) is 0 Å². The summed E-state index contributed by atoms with van der Waals surface area (Å²) in [6.07, 6.45) is 0. The van der Waals surface area contributed by atoms with E-state index in [1.54, 1.807) is 9.47 Å². The lowest BCUT2D eigenvalue weighted by Gasteiger charge is -1.86. The lowest BCUT2D eigenvalue weighted by molar-refractivity contribution is -0.136. The van der Waals surface area contributed by atoms with Crippen LogP contribution in [0.2, 0.25) is 0 Å². The van der Waals surface area contributed by atoms with Gasteiger partial charge in [-0.05, 0) is 0 Å². The quantitative estimate of drug-likeness (QED) is 0.452. The van der Waals surface area contributed by atoms with E-state index < -0.39 is 12.6 Å². The summed E-state index contributed by atoms with van der Waals surface area (Å²) in [5.41, 5.74) is 0. The molecule has 0 saturated carbocycles. The molecule has 0 spiro atoms. The van der Waals surface area contributed by atoms with Crippen LogP contribution in [-0.4, -0.2) is 17.7 Å². The Bertz CT molecular complexity index is 46.8. The first-order chi connectivity index (χ1) is 2.81. The van der Waals surface area contributed by atoms with Crippen LogP contribution >= 0.6 is 9.47 Å². The SMILES string of the molecule is O=C(CO)OP. The zero-order valence-electron chi connectivity index (χ0n) is 3.05. The van der Waals surface area contributed by atoms with E-state index >= 15 is 0 Å². The first-order valence-corrected chi connectivity index (χ1v) is 1.79. The maximum atomic E-state index is 9.69. The zero-order valence-corrected chi connectivity index (χ0v) is 4.20. The normalized spacial score (nSPS) is 7.67. The lowest BCUT2D eigenvalue weighted by Crippen LogP contribution is -2.00. The number of hydrogen-bond donors (Lipinski definition) is 1. The molecule has 0 aromatic carbocycles. The summed E-state index contributed by atoms with van der Waals surface area (Å²) in [7, 11) is 1.73. The molecule has 0 heterocycles. The maximum absolute atomic E-state index is 9.69. The average molecular weight is 108 g/mol. The molecule has 6 heavy (non-hydrogen) atoms. The van der Waals surface area contributed by atoms with Gasteiger partial charge in [-0.15, -0.1) is 0 Å². The Hall–Kier alpha value is -0.140. The van der Waals surface area contributed by atoms with Gasteiger partial charge < -0.3 is 9.63 Å². The second-order valence-corrected chi connectivity index (χ2v) is 0.884. The van der Waals surface area contributed by atoms with Crippen molar-refractivity contribution in [2.75, 3.05) is 6.61 Å². The third kappa shape index (κ3) is 2.12. The predicted molar refractivity (Wildman–Crippen MR) is 22.9 cm³/mol. The number of aliphatic hydroxyl groups excluding tert-OH is 1. The van der Waals surface area contributed by atoms with Gasteiger partial charge >= 0.3 is 5.97 Å². The molecule has 3 nitrogen and oxygen atoms in total. The van der Waals surface area contributed by atoms with E-state index in [-0.39, 0.29) is 0 Å². The van der Waals surface area contributed by atoms with Crippen LogP contribution in [0, 0.1) is 0 Å². The summed E-state index contributed by atoms with van der Waals surface area (Å²) < 4.78 is 3.93. The largest absolute Gasteiger partial charge is 0.450 e. The highest BCUT2D eigenvalue weighted by molar-refractivity contribution is 7.10. The second kappa shape index (κ2) is 3.07. The van der Waals surface area contributed by atoms with Gasteiger partial charge in [0, 0.05) is 0 Å². The highest BCUT2D eigenvalue weighted by Gasteiger charge is 1.89. The minimum Gasteiger partial charge on any atom is -0.450 e. The molecule has 0 aliphatic heterocycles. The molecule has 0 aromatic heterocycles. The molecular formula is C2H5O3P. The summed E-state index contributed by atoms with van der Waals surface area (Å²) >= 11 is 0. The van der Waals surface area contributed by atoms with Gasteiger partial charge in [0.2, 0.25) is 0 Å². The van der Waals surface area contributed by atoms with Gasteiger partial charge in [0.25, 0.3) is 0 Å². The second-order valence-electron chi connectivity index (χ2n) is 0.648. The molecule has 4 heteroatoms. The number of aliphatic hydroxyl groups is 1. The molecule has 0 fully saturated rings. The van der Waals surface area contributed by atoms with Crippen LogP contribution in [0.5, 0.6) is 0 Å². The van der Waals surface area contributed by atoms with Gasteiger partial charge in [-0.25, -0.2) is 4.79 Å². The topological polar surface area (TPSA) is 46.5 Å². The van der Waals surface area contributed by atoms with Gasteiger partial charge in [-0.3, -0.25) is 0 Å². The fraction of sp³-hybridized carbons (Fsp3) is 0.500. The zero-order chi connectivity index (χ0) is 4.99. The molecule has 0 saturated heterocycles. The number of carbonyl (C=O) groups excluding carboxylic acids is 1. The molecular weight excluding hydrogens is 103 g/mol. The van der Waals surface area contributed by atoms with Crippen LogP contribution in [0.4, 0.5) is 0 Å². The highest BCUT2D eigenvalue weighted by Crippen LogP contribution is 1.82. The van der Waals surface area contributed by atoms with Crippen LogP contribution in [0.15, 0.2) is 0 Å². The van der Waals surface area contributed by atoms with Crippen molar-refractivity contribution in [3.8, 4) is 0 Å². The van der Waals surface area contributed by atoms with Crippen LogP contribution < -0.4 is 0 Å². The highest BCUT2D eigenvalue weighted by atomic mass is 31.0. The average Bonchev–Trinajstić information content (AvgIpc) is 1.65. The van der Waals surface area contributed by atoms with Gasteiger partial charge in [0.1, 0.15) is 6.61 Å². The summed E-state index contributed by atoms with van der Waals surface area (Å²) in [5.74, 6) is -0.639. The van der Waals surface area contributed by atoms with Crippen LogP contribution in [0.3, 0.4) is 0 Å². The first-order valence-electron chi connectivity index (χ1n) is 1.31. The van der Waals surface area contributed by atoms with Gasteiger partial charge in [0.15, 0.2) is 0 Å². The number of rotatable bonds is 1. The molecule has 1 unspecified atom stereocenters. The minimum absolute atomic E-state index is 0.552. The van der Waals surface area contributed by atoms with Crippen molar-refractivity contribution in [2.45, 2.75) is 0 Å². The minimum atomic E-state index is -0.639. The van der Waals surface area contributed by atoms with E-state index in [2.05, 4.69) is 4.52 Å². The number of carbonyl (C=O) groups is 1. The Balaban J connectivity index is 2.99. The fourth-order valence-electron chi connectivity index (χ4n) is 0.0373. The number of hydrogen-bond acceptors (Lipinski definition) is 3. The third-order valence-electron chi connectivity index (χ3n) is 0.261. The maximum Gasteiger partial charge on any atom is 0.333 e. The predicted octanol–water partition coefficient (Wildman–Crippen LogP) is -0.688. The molecule has 36 valence electrons. The van der Waals surface area contributed by atoms with E-state index in [4.69, 9.17) is 5.11 Å².